The van der Waals surface area contributed by atoms with Gasteiger partial charge in [0.25, 0.3) is 6.33 Å². The summed E-state index contributed by atoms with van der Waals surface area (Å²) in [6.07, 6.45) is 5.27. The minimum absolute atomic E-state index is 0.172. The number of benzene rings is 12. The zero-order chi connectivity index (χ0) is 84.4. The van der Waals surface area contributed by atoms with E-state index in [1.54, 1.807) is 47.2 Å². The average molecular weight is 1200 g/mol. The quantitative estimate of drug-likeness (QED) is 0.0903. The van der Waals surface area contributed by atoms with Crippen molar-refractivity contribution >= 4 is 32.8 Å². The van der Waals surface area contributed by atoms with Crippen molar-refractivity contribution in [2.75, 3.05) is 0 Å². The highest BCUT2D eigenvalue weighted by Gasteiger charge is 2.24. The molecule has 15 aromatic rings. The van der Waals surface area contributed by atoms with Gasteiger partial charge in [-0.2, -0.15) is 0 Å². The van der Waals surface area contributed by atoms with Gasteiger partial charge in [-0.15, -0.1) is 0 Å². The van der Waals surface area contributed by atoms with Crippen LogP contribution in [0, 0.1) is 6.33 Å². The summed E-state index contributed by atoms with van der Waals surface area (Å²) in [5.74, 6) is 1.38. The molecule has 0 bridgehead atoms. The molecular formula is C86H68N4O. The van der Waals surface area contributed by atoms with Crippen molar-refractivity contribution in [2.45, 2.75) is 52.4 Å². The lowest BCUT2D eigenvalue weighted by molar-refractivity contribution is -0.571. The molecule has 0 aliphatic heterocycles. The first kappa shape index (κ1) is 34.6. The predicted molar refractivity (Wildman–Crippen MR) is 378 cm³/mol. The van der Waals surface area contributed by atoms with Gasteiger partial charge in [0.05, 0.1) is 69.1 Å². The fourth-order valence-corrected chi connectivity index (χ4v) is 11.3. The monoisotopic (exact) mass is 1200 g/mol. The molecule has 12 aromatic carbocycles. The van der Waals surface area contributed by atoms with Gasteiger partial charge < -0.3 is 4.74 Å². The van der Waals surface area contributed by atoms with Crippen LogP contribution in [0.3, 0.4) is 0 Å². The van der Waals surface area contributed by atoms with Gasteiger partial charge in [0.2, 0.25) is 0 Å². The molecule has 3 heterocycles. The minimum atomic E-state index is -0.992. The Balaban J connectivity index is 1.10. The fourth-order valence-electron chi connectivity index (χ4n) is 11.3. The SMILES string of the molecule is [2H]c1c([2H])c([2H])c(-c2c([2H])c(-c3cccc(-c4c([2H])c(-c5c([2H])c([2H])c([2H])c([2H])c5[2H])c([2H])c(-c5c([2H])c([2H])c([2H])c([2H])c5[2H])c4[2H])c3-[n+]3[c-]n(-c4cccc(Oc5ccc6c7ccccc7n(-c7cc(C(C)(C)C)ccn7)c6c5)c4)c4cc(-c5ccc(C(C)(C)C)cc5)ccc43)c([2H])c(-c3c([2H])c([2H])c([2H])c([2H])c3[2H])c2[2H])c([2H])c1[2H]. The highest BCUT2D eigenvalue weighted by Crippen LogP contribution is 2.43. The van der Waals surface area contributed by atoms with Crippen LogP contribution in [0.25, 0.3) is 128 Å². The van der Waals surface area contributed by atoms with Crippen molar-refractivity contribution in [3.05, 3.63) is 320 Å². The largest absolute Gasteiger partial charge is 0.458 e. The lowest BCUT2D eigenvalue weighted by Gasteiger charge is -2.20. The second kappa shape index (κ2) is 23.1. The van der Waals surface area contributed by atoms with Gasteiger partial charge in [0, 0.05) is 23.0 Å². The first-order valence-corrected chi connectivity index (χ1v) is 29.3. The number of aromatic nitrogens is 4. The molecule has 5 nitrogen and oxygen atoms in total. The second-order valence-electron chi connectivity index (χ2n) is 23.8. The highest BCUT2D eigenvalue weighted by molar-refractivity contribution is 6.09. The number of ether oxygens (including phenoxy) is 1. The molecule has 0 fully saturated rings. The maximum Gasteiger partial charge on any atom is 0.269 e. The number of hydrogen-bond acceptors (Lipinski definition) is 2. The second-order valence-corrected chi connectivity index (χ2v) is 23.8. The van der Waals surface area contributed by atoms with Crippen molar-refractivity contribution < 1.29 is 44.9 Å². The Kier molecular flexibility index (Phi) is 8.78. The molecule has 438 valence electrons. The van der Waals surface area contributed by atoms with E-state index < -0.39 is 213 Å². The molecular weight excluding hydrogens is 1100 g/mol. The predicted octanol–water partition coefficient (Wildman–Crippen LogP) is 22.3. The molecule has 0 atom stereocenters. The molecule has 91 heavy (non-hydrogen) atoms. The Morgan fingerprint density at radius 3 is 1.46 bits per heavy atom. The fraction of sp³-hybridized carbons (Fsp3) is 0.0930. The van der Waals surface area contributed by atoms with Crippen LogP contribution in [-0.4, -0.2) is 14.1 Å². The van der Waals surface area contributed by atoms with Crippen molar-refractivity contribution in [3.63, 3.8) is 0 Å². The number of para-hydroxylation sites is 2. The molecule has 5 heteroatoms. The van der Waals surface area contributed by atoms with E-state index in [0.717, 1.165) is 38.5 Å². The van der Waals surface area contributed by atoms with Gasteiger partial charge in [0.15, 0.2) is 0 Å². The van der Waals surface area contributed by atoms with Crippen LogP contribution >= 0.6 is 0 Å². The summed E-state index contributed by atoms with van der Waals surface area (Å²) in [7, 11) is 0. The van der Waals surface area contributed by atoms with E-state index >= 15 is 0 Å². The van der Waals surface area contributed by atoms with Crippen LogP contribution in [0.2, 0.25) is 0 Å². The van der Waals surface area contributed by atoms with Gasteiger partial charge in [-0.1, -0.05) is 241 Å². The van der Waals surface area contributed by atoms with E-state index in [1.165, 1.54) is 22.8 Å². The van der Waals surface area contributed by atoms with Crippen molar-refractivity contribution in [1.82, 2.24) is 14.1 Å². The number of imidazole rings is 1. The summed E-state index contributed by atoms with van der Waals surface area (Å²) in [5, 5.41) is 1.88. The lowest BCUT2D eigenvalue weighted by atomic mass is 9.86. The summed E-state index contributed by atoms with van der Waals surface area (Å²) in [6, 6.07) is 17.5. The normalized spacial score (nSPS) is 15.8. The van der Waals surface area contributed by atoms with Gasteiger partial charge in [-0.25, -0.2) is 4.98 Å². The number of rotatable bonds is 12. The molecule has 15 rings (SSSR count). The summed E-state index contributed by atoms with van der Waals surface area (Å²) in [6.45, 7) is 12.6. The van der Waals surface area contributed by atoms with E-state index in [2.05, 4.69) is 58.5 Å². The van der Waals surface area contributed by atoms with E-state index in [-0.39, 0.29) is 33.2 Å². The first-order chi connectivity index (χ1) is 55.2. The first-order valence-electron chi connectivity index (χ1n) is 42.3. The minimum Gasteiger partial charge on any atom is -0.458 e. The Hall–Kier alpha value is -11.1. The average Bonchev–Trinajstić information content (AvgIpc) is 1.70. The van der Waals surface area contributed by atoms with Gasteiger partial charge >= 0.3 is 0 Å². The van der Waals surface area contributed by atoms with Crippen molar-refractivity contribution in [1.29, 1.82) is 0 Å². The number of fused-ring (bicyclic) bond motifs is 4. The van der Waals surface area contributed by atoms with Crippen LogP contribution in [0.15, 0.2) is 303 Å². The molecule has 0 aliphatic rings. The van der Waals surface area contributed by atoms with E-state index in [9.17, 15) is 19.2 Å². The third kappa shape index (κ3) is 11.0. The molecule has 0 spiro atoms. The van der Waals surface area contributed by atoms with Crippen LogP contribution in [0.1, 0.15) is 88.3 Å². The maximum atomic E-state index is 10.6. The zero-order valence-corrected chi connectivity index (χ0v) is 50.1. The Morgan fingerprint density at radius 1 is 0.396 bits per heavy atom. The van der Waals surface area contributed by atoms with Crippen LogP contribution < -0.4 is 9.30 Å². The van der Waals surface area contributed by atoms with Gasteiger partial charge in [-0.3, -0.25) is 13.7 Å². The standard InChI is InChI=1S/C86H68N4O/c1-85(2,3)70-40-37-62(38-41-70)63-39-44-80-82(53-63)88(72-31-21-32-73(55-72)91-74-42-43-78-77-33-19-20-36-79(77)90(81(78)56-74)83-54-71(45-46-87-83)86(4,5)6)57-89(80)84-75(68-49-64(58-23-11-7-12-24-58)47-65(50-68)59-25-13-8-14-26-59)34-22-35-76(84)69-51-66(60-27-15-9-16-28-60)48-67(52-69)61-29-17-10-18-30-61/h7-56H,1-6H3/i7D,8D,9D,10D,11D,12D,13D,14D,15D,16D,17D,18D,23D,24D,25D,26D,27D,28D,29D,30D,47D,48D,49D,50D,51D,52D. The lowest BCUT2D eigenvalue weighted by Crippen LogP contribution is -2.31. The van der Waals surface area contributed by atoms with Crippen LogP contribution in [0.5, 0.6) is 11.5 Å². The molecule has 0 saturated carbocycles. The molecule has 0 saturated heterocycles. The van der Waals surface area contributed by atoms with E-state index in [4.69, 9.17) is 26.2 Å². The van der Waals surface area contributed by atoms with Crippen LogP contribution in [0.4, 0.5) is 0 Å². The molecule has 0 aliphatic carbocycles. The molecule has 0 amide bonds. The van der Waals surface area contributed by atoms with Gasteiger partial charge in [0.1, 0.15) is 17.3 Å². The third-order valence-corrected chi connectivity index (χ3v) is 15.8. The van der Waals surface area contributed by atoms with Crippen molar-refractivity contribution in [3.8, 4) is 107 Å². The summed E-state index contributed by atoms with van der Waals surface area (Å²) in [5.41, 5.74) is -3.22. The summed E-state index contributed by atoms with van der Waals surface area (Å²) >= 11 is 0. The number of nitrogens with zero attached hydrogens (tertiary/aromatic N) is 4. The Labute approximate surface area is 569 Å². The van der Waals surface area contributed by atoms with Crippen molar-refractivity contribution in [2.24, 2.45) is 0 Å². The summed E-state index contributed by atoms with van der Waals surface area (Å²) < 4.78 is 256. The molecule has 0 unspecified atom stereocenters. The maximum absolute atomic E-state index is 10.6. The number of hydrogen-bond donors (Lipinski definition) is 0. The highest BCUT2D eigenvalue weighted by atomic mass is 16.5. The van der Waals surface area contributed by atoms with E-state index in [1.807, 2.05) is 78.9 Å². The molecule has 0 N–H and O–H groups in total. The Morgan fingerprint density at radius 2 is 0.901 bits per heavy atom. The molecule has 3 aromatic heterocycles. The summed E-state index contributed by atoms with van der Waals surface area (Å²) in [4.78, 5) is 4.87. The zero-order valence-electron chi connectivity index (χ0n) is 76.1. The van der Waals surface area contributed by atoms with Gasteiger partial charge in [-0.05, 0) is 191 Å². The smallest absolute Gasteiger partial charge is 0.269 e. The molecule has 0 radical (unpaired) electrons. The third-order valence-electron chi connectivity index (χ3n) is 15.8. The Bertz CT molecular complexity index is 6310. The van der Waals surface area contributed by atoms with Crippen LogP contribution in [-0.2, 0) is 10.8 Å². The topological polar surface area (TPSA) is 35.9 Å². The number of pyridine rings is 1. The van der Waals surface area contributed by atoms with E-state index in [0.29, 0.717) is 34.1 Å².